The Balaban J connectivity index is 0.00000288. The number of carbonyl (C=O) groups excluding carboxylic acids is 1. The van der Waals surface area contributed by atoms with Crippen molar-refractivity contribution in [3.63, 3.8) is 0 Å². The molecule has 1 heterocycles. The maximum atomic E-state index is 13.0. The maximum Gasteiger partial charge on any atom is 0.416 e. The van der Waals surface area contributed by atoms with Crippen molar-refractivity contribution in [1.82, 2.24) is 15.1 Å². The summed E-state index contributed by atoms with van der Waals surface area (Å²) in [5, 5.41) is 3.18. The minimum Gasteiger partial charge on any atom is -0.340 e. The molecule has 1 fully saturated rings. The van der Waals surface area contributed by atoms with Crippen LogP contribution in [-0.2, 0) is 17.5 Å². The van der Waals surface area contributed by atoms with Gasteiger partial charge in [0.25, 0.3) is 0 Å². The maximum absolute atomic E-state index is 13.0. The Morgan fingerprint density at radius 3 is 2.50 bits per heavy atom. The van der Waals surface area contributed by atoms with E-state index in [1.54, 1.807) is 22.9 Å². The highest BCUT2D eigenvalue weighted by Crippen LogP contribution is 2.32. The van der Waals surface area contributed by atoms with Crippen LogP contribution in [0.25, 0.3) is 0 Å². The highest BCUT2D eigenvalue weighted by atomic mass is 35.5. The number of amides is 1. The summed E-state index contributed by atoms with van der Waals surface area (Å²) >= 11 is 0. The van der Waals surface area contributed by atoms with E-state index in [1.165, 1.54) is 12.1 Å². The lowest BCUT2D eigenvalue weighted by atomic mass is 10.1. The van der Waals surface area contributed by atoms with Crippen molar-refractivity contribution in [3.05, 3.63) is 35.4 Å². The molecule has 0 unspecified atom stereocenters. The molecule has 0 spiro atoms. The summed E-state index contributed by atoms with van der Waals surface area (Å²) in [5.41, 5.74) is -0.377. The molecule has 1 aliphatic rings. The van der Waals surface area contributed by atoms with Gasteiger partial charge >= 0.3 is 6.18 Å². The van der Waals surface area contributed by atoms with Gasteiger partial charge < -0.3 is 15.1 Å². The van der Waals surface area contributed by atoms with Crippen LogP contribution in [0, 0.1) is 0 Å². The summed E-state index contributed by atoms with van der Waals surface area (Å²) in [7, 11) is 1.73. The second kappa shape index (κ2) is 9.25. The van der Waals surface area contributed by atoms with E-state index in [1.807, 2.05) is 0 Å². The fourth-order valence-electron chi connectivity index (χ4n) is 2.66. The zero-order chi connectivity index (χ0) is 16.9. The van der Waals surface area contributed by atoms with E-state index in [0.29, 0.717) is 26.1 Å². The third kappa shape index (κ3) is 5.96. The first-order chi connectivity index (χ1) is 10.9. The number of benzene rings is 1. The van der Waals surface area contributed by atoms with Crippen LogP contribution in [-0.4, -0.2) is 55.5 Å². The fraction of sp³-hybridized carbons (Fsp3) is 0.562. The van der Waals surface area contributed by atoms with Crippen LogP contribution in [0.5, 0.6) is 0 Å². The van der Waals surface area contributed by atoms with Gasteiger partial charge in [-0.05, 0) is 18.7 Å². The van der Waals surface area contributed by atoms with Crippen molar-refractivity contribution in [2.45, 2.75) is 19.1 Å². The molecular weight excluding hydrogens is 343 g/mol. The topological polar surface area (TPSA) is 35.6 Å². The number of carbonyl (C=O) groups is 1. The van der Waals surface area contributed by atoms with Gasteiger partial charge in [0, 0.05) is 45.7 Å². The Morgan fingerprint density at radius 2 is 1.88 bits per heavy atom. The van der Waals surface area contributed by atoms with Crippen LogP contribution in [0.4, 0.5) is 13.2 Å². The SMILES string of the molecule is CN(CCC(=O)N1CCNCC1)Cc1ccccc1C(F)(F)F.Cl. The number of halogens is 4. The summed E-state index contributed by atoms with van der Waals surface area (Å²) in [4.78, 5) is 15.6. The molecule has 1 amide bonds. The third-order valence-corrected chi connectivity index (χ3v) is 3.94. The van der Waals surface area contributed by atoms with Crippen molar-refractivity contribution in [3.8, 4) is 0 Å². The number of hydrogen-bond donors (Lipinski definition) is 1. The Kier molecular flexibility index (Phi) is 7.99. The number of nitrogens with one attached hydrogen (secondary N) is 1. The quantitative estimate of drug-likeness (QED) is 0.870. The molecule has 136 valence electrons. The average molecular weight is 366 g/mol. The largest absolute Gasteiger partial charge is 0.416 e. The van der Waals surface area contributed by atoms with Gasteiger partial charge in [-0.2, -0.15) is 13.2 Å². The van der Waals surface area contributed by atoms with Crippen molar-refractivity contribution < 1.29 is 18.0 Å². The van der Waals surface area contributed by atoms with Gasteiger partial charge in [-0.3, -0.25) is 4.79 Å². The highest BCUT2D eigenvalue weighted by Gasteiger charge is 2.33. The Bertz CT molecular complexity index is 534. The molecule has 1 aromatic rings. The van der Waals surface area contributed by atoms with Crippen LogP contribution in [0.1, 0.15) is 17.5 Å². The van der Waals surface area contributed by atoms with E-state index >= 15 is 0 Å². The molecule has 2 rings (SSSR count). The number of hydrogen-bond acceptors (Lipinski definition) is 3. The number of alkyl halides is 3. The Labute approximate surface area is 146 Å². The molecular formula is C16H23ClF3N3O. The minimum atomic E-state index is -4.35. The summed E-state index contributed by atoms with van der Waals surface area (Å²) in [5.74, 6) is 0.0578. The summed E-state index contributed by atoms with van der Waals surface area (Å²) in [6.07, 6.45) is -4.03. The van der Waals surface area contributed by atoms with Crippen molar-refractivity contribution >= 4 is 18.3 Å². The smallest absolute Gasteiger partial charge is 0.340 e. The van der Waals surface area contributed by atoms with E-state index < -0.39 is 11.7 Å². The van der Waals surface area contributed by atoms with Crippen LogP contribution >= 0.6 is 12.4 Å². The van der Waals surface area contributed by atoms with Gasteiger partial charge in [0.2, 0.25) is 5.91 Å². The highest BCUT2D eigenvalue weighted by molar-refractivity contribution is 5.85. The molecule has 0 atom stereocenters. The molecule has 0 aliphatic carbocycles. The molecule has 1 saturated heterocycles. The first-order valence-electron chi connectivity index (χ1n) is 7.70. The first-order valence-corrected chi connectivity index (χ1v) is 7.70. The van der Waals surface area contributed by atoms with E-state index in [4.69, 9.17) is 0 Å². The molecule has 1 aliphatic heterocycles. The van der Waals surface area contributed by atoms with Crippen molar-refractivity contribution in [2.24, 2.45) is 0 Å². The van der Waals surface area contributed by atoms with Gasteiger partial charge in [0.1, 0.15) is 0 Å². The molecule has 4 nitrogen and oxygen atoms in total. The van der Waals surface area contributed by atoms with E-state index in [0.717, 1.165) is 19.2 Å². The standard InChI is InChI=1S/C16H22F3N3O.ClH/c1-21(9-6-15(23)22-10-7-20-8-11-22)12-13-4-2-3-5-14(13)16(17,18)19;/h2-5,20H,6-12H2,1H3;1H. The molecule has 8 heteroatoms. The third-order valence-electron chi connectivity index (χ3n) is 3.94. The average Bonchev–Trinajstić information content (AvgIpc) is 2.53. The zero-order valence-electron chi connectivity index (χ0n) is 13.6. The van der Waals surface area contributed by atoms with Crippen LogP contribution < -0.4 is 5.32 Å². The van der Waals surface area contributed by atoms with Gasteiger partial charge in [-0.1, -0.05) is 18.2 Å². The minimum absolute atomic E-state index is 0. The Hall–Kier alpha value is -1.31. The zero-order valence-corrected chi connectivity index (χ0v) is 14.4. The van der Waals surface area contributed by atoms with Gasteiger partial charge in [0.05, 0.1) is 5.56 Å². The molecule has 1 aromatic carbocycles. The summed E-state index contributed by atoms with van der Waals surface area (Å²) in [6, 6.07) is 5.57. The van der Waals surface area contributed by atoms with Crippen molar-refractivity contribution in [2.75, 3.05) is 39.8 Å². The van der Waals surface area contributed by atoms with Crippen LogP contribution in [0.3, 0.4) is 0 Å². The lowest BCUT2D eigenvalue weighted by molar-refractivity contribution is -0.138. The predicted molar refractivity (Wildman–Crippen MR) is 89.1 cm³/mol. The molecule has 24 heavy (non-hydrogen) atoms. The van der Waals surface area contributed by atoms with Gasteiger partial charge in [-0.15, -0.1) is 12.4 Å². The lowest BCUT2D eigenvalue weighted by Crippen LogP contribution is -2.47. The lowest BCUT2D eigenvalue weighted by Gasteiger charge is -2.28. The van der Waals surface area contributed by atoms with Crippen molar-refractivity contribution in [1.29, 1.82) is 0 Å². The van der Waals surface area contributed by atoms with Crippen LogP contribution in [0.15, 0.2) is 24.3 Å². The second-order valence-electron chi connectivity index (χ2n) is 5.77. The fourth-order valence-corrected chi connectivity index (χ4v) is 2.66. The van der Waals surface area contributed by atoms with Gasteiger partial charge in [0.15, 0.2) is 0 Å². The number of rotatable bonds is 5. The van der Waals surface area contributed by atoms with E-state index in [-0.39, 0.29) is 30.4 Å². The molecule has 0 bridgehead atoms. The molecule has 1 N–H and O–H groups in total. The van der Waals surface area contributed by atoms with E-state index in [2.05, 4.69) is 5.32 Å². The molecule has 0 aromatic heterocycles. The van der Waals surface area contributed by atoms with Crippen LogP contribution in [0.2, 0.25) is 0 Å². The monoisotopic (exact) mass is 365 g/mol. The second-order valence-corrected chi connectivity index (χ2v) is 5.77. The molecule has 0 radical (unpaired) electrons. The van der Waals surface area contributed by atoms with E-state index in [9.17, 15) is 18.0 Å². The number of piperazine rings is 1. The van der Waals surface area contributed by atoms with Gasteiger partial charge in [-0.25, -0.2) is 0 Å². The first kappa shape index (κ1) is 20.7. The molecule has 0 saturated carbocycles. The number of nitrogens with zero attached hydrogens (tertiary/aromatic N) is 2. The normalized spacial score (nSPS) is 15.3. The summed E-state index contributed by atoms with van der Waals surface area (Å²) < 4.78 is 38.9. The predicted octanol–water partition coefficient (Wildman–Crippen LogP) is 2.38. The Morgan fingerprint density at radius 1 is 1.25 bits per heavy atom. The summed E-state index contributed by atoms with van der Waals surface area (Å²) in [6.45, 7) is 3.58.